The number of nitrogens with one attached hydrogen (secondary N) is 5. The van der Waals surface area contributed by atoms with Crippen LogP contribution in [-0.2, 0) is 48.0 Å². The van der Waals surface area contributed by atoms with Gasteiger partial charge in [0.1, 0.15) is 12.1 Å². The average molecular weight is 960 g/mol. The minimum Gasteiger partial charge on any atom is -0.475 e. The lowest BCUT2D eigenvalue weighted by molar-refractivity contribution is -0.193. The second kappa shape index (κ2) is 24.5. The SMILES string of the molecule is O=C(O)C(F)(F)F.O=C(O)C(F)(F)F.O=C1C[C@@H](N2CCC(N3CCCCC3)CC2)C(=O)NC[C@@H](Cc2ccccc2)NC(=O)[C@H](Cc2ccccc2)NC(=O)[C@H](Cc2c[nH]c3ccccc23)N1. The summed E-state index contributed by atoms with van der Waals surface area (Å²) in [5.41, 5.74) is 3.69. The first-order valence-corrected chi connectivity index (χ1v) is 22.2. The zero-order valence-electron chi connectivity index (χ0n) is 37.0. The van der Waals surface area contributed by atoms with Crippen molar-refractivity contribution in [2.24, 2.45) is 0 Å². The van der Waals surface area contributed by atoms with Crippen LogP contribution < -0.4 is 21.3 Å². The number of alkyl halides is 6. The topological polar surface area (TPSA) is 213 Å². The smallest absolute Gasteiger partial charge is 0.475 e. The van der Waals surface area contributed by atoms with E-state index in [0.717, 1.165) is 53.5 Å². The van der Waals surface area contributed by atoms with Crippen molar-refractivity contribution in [3.05, 3.63) is 108 Å². The van der Waals surface area contributed by atoms with E-state index in [0.29, 0.717) is 25.6 Å². The number of carbonyl (C=O) groups excluding carboxylic acids is 4. The van der Waals surface area contributed by atoms with E-state index in [-0.39, 0.29) is 43.5 Å². The van der Waals surface area contributed by atoms with E-state index in [1.165, 1.54) is 19.3 Å². The Labute approximate surface area is 388 Å². The van der Waals surface area contributed by atoms with Gasteiger partial charge in [-0.2, -0.15) is 26.3 Å². The quantitative estimate of drug-likeness (QED) is 0.120. The number of piperidine rings is 2. The summed E-state index contributed by atoms with van der Waals surface area (Å²) < 4.78 is 63.5. The van der Waals surface area contributed by atoms with Gasteiger partial charge in [-0.15, -0.1) is 0 Å². The van der Waals surface area contributed by atoms with Crippen LogP contribution in [0.4, 0.5) is 26.3 Å². The van der Waals surface area contributed by atoms with Gasteiger partial charge >= 0.3 is 24.3 Å². The maximum Gasteiger partial charge on any atom is 0.490 e. The molecule has 4 heterocycles. The van der Waals surface area contributed by atoms with Gasteiger partial charge in [0.05, 0.1) is 18.5 Å². The number of halogens is 6. The molecule has 68 heavy (non-hydrogen) atoms. The summed E-state index contributed by atoms with van der Waals surface area (Å²) >= 11 is 0. The summed E-state index contributed by atoms with van der Waals surface area (Å²) in [5.74, 6) is -6.95. The highest BCUT2D eigenvalue weighted by Gasteiger charge is 2.39. The Hall–Kier alpha value is -6.48. The average Bonchev–Trinajstić information content (AvgIpc) is 3.72. The predicted molar refractivity (Wildman–Crippen MR) is 237 cm³/mol. The lowest BCUT2D eigenvalue weighted by Gasteiger charge is -2.42. The first-order chi connectivity index (χ1) is 32.3. The van der Waals surface area contributed by atoms with Gasteiger partial charge in [0, 0.05) is 55.6 Å². The number of aromatic nitrogens is 1. The van der Waals surface area contributed by atoms with Crippen molar-refractivity contribution in [3.8, 4) is 0 Å². The van der Waals surface area contributed by atoms with Crippen LogP contribution in [0.1, 0.15) is 55.2 Å². The van der Waals surface area contributed by atoms with Gasteiger partial charge < -0.3 is 41.4 Å². The van der Waals surface area contributed by atoms with Crippen LogP contribution in [-0.4, -0.2) is 136 Å². The van der Waals surface area contributed by atoms with Crippen LogP contribution in [0.3, 0.4) is 0 Å². The van der Waals surface area contributed by atoms with Crippen LogP contribution in [0, 0.1) is 0 Å². The lowest BCUT2D eigenvalue weighted by Crippen LogP contribution is -2.60. The number of aliphatic carboxylic acids is 2. The highest BCUT2D eigenvalue weighted by Crippen LogP contribution is 2.24. The van der Waals surface area contributed by atoms with Crippen LogP contribution in [0.5, 0.6) is 0 Å². The third-order valence-corrected chi connectivity index (χ3v) is 11.9. The highest BCUT2D eigenvalue weighted by molar-refractivity contribution is 5.95. The molecule has 4 aromatic rings. The van der Waals surface area contributed by atoms with E-state index in [9.17, 15) is 45.5 Å². The Bertz CT molecular complexity index is 2280. The zero-order valence-corrected chi connectivity index (χ0v) is 37.0. The van der Waals surface area contributed by atoms with E-state index in [1.54, 1.807) is 0 Å². The third-order valence-electron chi connectivity index (χ3n) is 11.9. The Morgan fingerprint density at radius 3 is 1.69 bits per heavy atom. The van der Waals surface area contributed by atoms with E-state index in [1.807, 2.05) is 91.1 Å². The van der Waals surface area contributed by atoms with Gasteiger partial charge in [0.2, 0.25) is 23.6 Å². The molecule has 1 aromatic heterocycles. The summed E-state index contributed by atoms with van der Waals surface area (Å²) in [4.78, 5) is 82.6. The summed E-state index contributed by atoms with van der Waals surface area (Å²) in [6, 6.07) is 24.6. The molecule has 7 N–H and O–H groups in total. The number of nitrogens with zero attached hydrogens (tertiary/aromatic N) is 2. The molecule has 0 saturated carbocycles. The van der Waals surface area contributed by atoms with Crippen molar-refractivity contribution in [2.45, 2.75) is 100 Å². The molecule has 0 radical (unpaired) electrons. The molecule has 4 atom stereocenters. The molecular weight excluding hydrogens is 905 g/mol. The number of benzene rings is 3. The molecule has 4 amide bonds. The molecule has 7 rings (SSSR count). The number of carbonyl (C=O) groups is 6. The number of carboxylic acid groups (broad SMARTS) is 2. The van der Waals surface area contributed by atoms with E-state index in [4.69, 9.17) is 19.8 Å². The minimum atomic E-state index is -5.08. The molecule has 3 saturated heterocycles. The second-order valence-electron chi connectivity index (χ2n) is 16.8. The molecule has 15 nitrogen and oxygen atoms in total. The summed E-state index contributed by atoms with van der Waals surface area (Å²) in [7, 11) is 0. The van der Waals surface area contributed by atoms with Crippen molar-refractivity contribution in [2.75, 3.05) is 32.7 Å². The fraction of sp³-hybridized carbons (Fsp3) is 0.447. The van der Waals surface area contributed by atoms with Crippen LogP contribution >= 0.6 is 0 Å². The van der Waals surface area contributed by atoms with Crippen molar-refractivity contribution >= 4 is 46.5 Å². The van der Waals surface area contributed by atoms with Gasteiger partial charge in [0.25, 0.3) is 0 Å². The van der Waals surface area contributed by atoms with Crippen molar-refractivity contribution in [1.29, 1.82) is 0 Å². The number of likely N-dealkylation sites (tertiary alicyclic amines) is 2. The van der Waals surface area contributed by atoms with Gasteiger partial charge in [-0.05, 0) is 68.0 Å². The number of para-hydroxylation sites is 1. The number of H-pyrrole nitrogens is 1. The van der Waals surface area contributed by atoms with Crippen molar-refractivity contribution in [1.82, 2.24) is 36.1 Å². The lowest BCUT2D eigenvalue weighted by atomic mass is 9.97. The molecule has 0 bridgehead atoms. The molecule has 3 aliphatic heterocycles. The molecule has 368 valence electrons. The molecule has 3 aliphatic rings. The number of hydrogen-bond acceptors (Lipinski definition) is 8. The predicted octanol–water partition coefficient (Wildman–Crippen LogP) is 4.76. The normalized spacial score (nSPS) is 21.9. The van der Waals surface area contributed by atoms with Crippen LogP contribution in [0.2, 0.25) is 0 Å². The third kappa shape index (κ3) is 16.1. The standard InChI is InChI=1S/C43H53N7O4.2C2HF3O2/c51-40-27-39(50-22-18-34(19-23-50)49-20-10-3-11-21-49)43(54)45-29-33(24-30-12-4-1-5-13-30)46-41(52)37(25-31-14-6-2-7-15-31)48-42(53)38(47-40)26-32-28-44-36-17-9-8-16-35(32)36;2*3-2(4,5)1(6)7/h1-2,4-9,12-17,28,33-34,37-39,44H,3,10-11,18-27,29H2,(H,45,54)(H,46,52)(H,47,51)(H,48,53);2*(H,6,7)/t33-,37+,38+,39-;;/m1../s1. The number of amides is 4. The molecule has 21 heteroatoms. The van der Waals surface area contributed by atoms with Gasteiger partial charge in [-0.1, -0.05) is 85.3 Å². The largest absolute Gasteiger partial charge is 0.490 e. The maximum atomic E-state index is 14.3. The van der Waals surface area contributed by atoms with E-state index in [2.05, 4.69) is 36.1 Å². The second-order valence-corrected chi connectivity index (χ2v) is 16.8. The molecule has 3 aromatic carbocycles. The summed E-state index contributed by atoms with van der Waals surface area (Å²) in [5, 5.41) is 27.5. The number of hydrogen-bond donors (Lipinski definition) is 7. The molecular formula is C47H55F6N7O8. The number of rotatable bonds is 8. The van der Waals surface area contributed by atoms with E-state index >= 15 is 0 Å². The Balaban J connectivity index is 0.000000538. The zero-order chi connectivity index (χ0) is 49.4. The van der Waals surface area contributed by atoms with Crippen LogP contribution in [0.25, 0.3) is 10.9 Å². The Morgan fingerprint density at radius 1 is 0.603 bits per heavy atom. The van der Waals surface area contributed by atoms with E-state index < -0.39 is 54.4 Å². The molecule has 3 fully saturated rings. The monoisotopic (exact) mass is 959 g/mol. The van der Waals surface area contributed by atoms with Crippen LogP contribution in [0.15, 0.2) is 91.1 Å². The fourth-order valence-electron chi connectivity index (χ4n) is 8.44. The molecule has 0 aliphatic carbocycles. The molecule has 0 unspecified atom stereocenters. The first-order valence-electron chi connectivity index (χ1n) is 22.2. The maximum absolute atomic E-state index is 14.3. The first kappa shape index (κ1) is 52.5. The summed E-state index contributed by atoms with van der Waals surface area (Å²) in [6.45, 7) is 3.83. The number of aromatic amines is 1. The van der Waals surface area contributed by atoms with Gasteiger partial charge in [-0.25, -0.2) is 9.59 Å². The Morgan fingerprint density at radius 2 is 1.12 bits per heavy atom. The fourth-order valence-corrected chi connectivity index (χ4v) is 8.44. The number of fused-ring (bicyclic) bond motifs is 1. The molecule has 0 spiro atoms. The Kier molecular flexibility index (Phi) is 18.9. The van der Waals surface area contributed by atoms with Crippen molar-refractivity contribution in [3.63, 3.8) is 0 Å². The van der Waals surface area contributed by atoms with Crippen molar-refractivity contribution < 1.29 is 65.3 Å². The number of carboxylic acids is 2. The summed E-state index contributed by atoms with van der Waals surface area (Å²) in [6.07, 6.45) is -1.83. The van der Waals surface area contributed by atoms with Gasteiger partial charge in [0.15, 0.2) is 0 Å². The minimum absolute atomic E-state index is 0.0823. The highest BCUT2D eigenvalue weighted by atomic mass is 19.4. The van der Waals surface area contributed by atoms with Gasteiger partial charge in [-0.3, -0.25) is 24.1 Å².